The predicted octanol–water partition coefficient (Wildman–Crippen LogP) is 6.19. The number of amides is 1. The molecule has 0 saturated carbocycles. The Morgan fingerprint density at radius 1 is 0.860 bits per heavy atom. The number of rotatable bonds is 9. The van der Waals surface area contributed by atoms with Crippen LogP contribution >= 0.6 is 69.5 Å². The third kappa shape index (κ3) is 23.0. The fraction of sp³-hybridized carbons (Fsp3) is 0.225. The summed E-state index contributed by atoms with van der Waals surface area (Å²) in [7, 11) is 0. The second-order valence-electron chi connectivity index (χ2n) is 11.3. The maximum absolute atomic E-state index is 12.6. The normalized spacial score (nSPS) is 9.32. The molecule has 5 rings (SSSR count). The summed E-state index contributed by atoms with van der Waals surface area (Å²) in [6.07, 6.45) is 0.328. The number of halogens is 4. The molecule has 7 nitrogen and oxygen atoms in total. The minimum Gasteiger partial charge on any atom is -0.782 e. The summed E-state index contributed by atoms with van der Waals surface area (Å²) in [6, 6.07) is 27.6. The third-order valence-corrected chi connectivity index (χ3v) is 10.8. The number of nitrogen functional groups attached to an aromatic ring is 1. The molecule has 1 amide bonds. The summed E-state index contributed by atoms with van der Waals surface area (Å²) in [6.45, 7) is 14.0. The van der Waals surface area contributed by atoms with E-state index in [9.17, 15) is 9.59 Å². The Morgan fingerprint density at radius 3 is 1.84 bits per heavy atom. The van der Waals surface area contributed by atoms with Gasteiger partial charge in [0, 0.05) is 28.2 Å². The van der Waals surface area contributed by atoms with Crippen molar-refractivity contribution >= 4 is 122 Å². The van der Waals surface area contributed by atoms with E-state index in [1.807, 2.05) is 50.2 Å². The van der Waals surface area contributed by atoms with E-state index in [0.717, 1.165) is 26.8 Å². The number of nitrogens with two attached hydrogens (primary N) is 1. The van der Waals surface area contributed by atoms with Crippen molar-refractivity contribution in [2.75, 3.05) is 16.9 Å². The molecule has 0 unspecified atom stereocenters. The van der Waals surface area contributed by atoms with E-state index >= 15 is 0 Å². The third-order valence-electron chi connectivity index (χ3n) is 7.07. The molecule has 0 aliphatic carbocycles. The summed E-state index contributed by atoms with van der Waals surface area (Å²) in [5.74, 6) is 1.38. The Balaban J connectivity index is 0. The number of anilines is 2. The number of hydrogen-bond donors (Lipinski definition) is 2. The van der Waals surface area contributed by atoms with Gasteiger partial charge in [0.2, 0.25) is 0 Å². The van der Waals surface area contributed by atoms with Gasteiger partial charge in [-0.1, -0.05) is 126 Å². The molecule has 57 heavy (non-hydrogen) atoms. The first-order chi connectivity index (χ1) is 25.7. The van der Waals surface area contributed by atoms with E-state index in [1.54, 1.807) is 23.9 Å². The molecule has 5 aromatic rings. The first kappa shape index (κ1) is 58.9. The van der Waals surface area contributed by atoms with Crippen LogP contribution in [0, 0.1) is 34.3 Å². The first-order valence-corrected chi connectivity index (χ1v) is 20.4. The van der Waals surface area contributed by atoms with Crippen LogP contribution in [0.5, 0.6) is 0 Å². The van der Waals surface area contributed by atoms with Crippen LogP contribution in [0.25, 0.3) is 4.95 Å². The van der Waals surface area contributed by atoms with E-state index < -0.39 is 0 Å². The molecule has 0 aliphatic heterocycles. The number of carbonyl (C=O) groups excluding carboxylic acids is 2. The van der Waals surface area contributed by atoms with Crippen molar-refractivity contribution in [1.82, 2.24) is 4.98 Å². The molecule has 0 bridgehead atoms. The number of para-hydroxylation sites is 1. The molecule has 0 fully saturated rings. The van der Waals surface area contributed by atoms with Gasteiger partial charge in [-0.3, -0.25) is 9.59 Å². The molecular weight excluding hydrogens is 931 g/mol. The van der Waals surface area contributed by atoms with Gasteiger partial charge in [-0.25, -0.2) is 4.98 Å². The molecule has 4 aromatic carbocycles. The average molecular weight is 972 g/mol. The molecule has 1 heterocycles. The van der Waals surface area contributed by atoms with Crippen LogP contribution in [0.3, 0.4) is 0 Å². The standard InChI is InChI=1S/C19H18ClN3OS2.C10H10Cl2O.C8H9Cl.C2H2N2S2.CH4.2K/c1-11-6-8-13(9-7-11)10-25-19-23-17(21)16(26-19)18(24)22-15-12(2)4-3-5-14(15)20;1-7-3-2-4-10(12)9(7)5-8(13)6-11;1-7-2-4-8(6-9)5-3-7;1-3-4-2(5)6;;;/h3-9H,10,21H2,1-2H3,(H,22,24);2-4H,5-6H2,1H3;2-5H,6H2,1H3;(H2,4,5,6);1H4;;/q;;;;;2*+1/p-2. The Labute approximate surface area is 461 Å². The van der Waals surface area contributed by atoms with E-state index in [-0.39, 0.29) is 138 Å². The molecule has 0 aliphatic rings. The summed E-state index contributed by atoms with van der Waals surface area (Å²) >= 11 is 34.4. The second-order valence-corrected chi connectivity index (χ2v) is 15.9. The van der Waals surface area contributed by atoms with Gasteiger partial charge in [0.1, 0.15) is 10.7 Å². The fourth-order valence-electron chi connectivity index (χ4n) is 4.18. The summed E-state index contributed by atoms with van der Waals surface area (Å²) < 4.78 is 0.745. The molecule has 17 heteroatoms. The van der Waals surface area contributed by atoms with Crippen LogP contribution in [-0.2, 0) is 48.1 Å². The number of carbonyl (C=O) groups is 2. The number of aromatic nitrogens is 1. The van der Waals surface area contributed by atoms with Crippen molar-refractivity contribution < 1.29 is 112 Å². The zero-order chi connectivity index (χ0) is 40.2. The number of nitrogens with one attached hydrogen (secondary N) is 1. The molecule has 0 atom stereocenters. The van der Waals surface area contributed by atoms with Crippen LogP contribution in [-0.4, -0.2) is 26.9 Å². The molecule has 1 aromatic heterocycles. The first-order valence-electron chi connectivity index (χ1n) is 15.9. The van der Waals surface area contributed by atoms with Gasteiger partial charge in [-0.15, -0.1) is 39.5 Å². The number of benzene rings is 4. The number of nitrogens with zero attached hydrogens (tertiary/aromatic N) is 3. The molecule has 3 N–H and O–H groups in total. The van der Waals surface area contributed by atoms with Crippen molar-refractivity contribution in [1.29, 1.82) is 0 Å². The molecule has 0 radical (unpaired) electrons. The summed E-state index contributed by atoms with van der Waals surface area (Å²) in [4.78, 5) is 31.0. The smallest absolute Gasteiger partial charge is 0.782 e. The zero-order valence-electron chi connectivity index (χ0n) is 31.8. The number of thioether (sulfide) groups is 1. The van der Waals surface area contributed by atoms with E-state index in [0.29, 0.717) is 32.9 Å². The fourth-order valence-corrected chi connectivity index (χ4v) is 7.01. The number of ketones is 1. The van der Waals surface area contributed by atoms with Gasteiger partial charge >= 0.3 is 103 Å². The van der Waals surface area contributed by atoms with E-state index in [1.165, 1.54) is 33.6 Å². The van der Waals surface area contributed by atoms with Gasteiger partial charge in [-0.05, 0) is 67.6 Å². The second kappa shape index (κ2) is 32.5. The quantitative estimate of drug-likeness (QED) is 0.0266. The van der Waals surface area contributed by atoms with Crippen molar-refractivity contribution in [2.24, 2.45) is 5.10 Å². The number of alkyl halides is 2. The van der Waals surface area contributed by atoms with Gasteiger partial charge < -0.3 is 36.3 Å². The molecule has 0 saturated heterocycles. The maximum Gasteiger partial charge on any atom is 1.00 e. The molecular formula is C40H41Cl4K2N5O2S4. The van der Waals surface area contributed by atoms with Crippen molar-refractivity contribution in [2.45, 2.75) is 57.5 Å². The van der Waals surface area contributed by atoms with Crippen molar-refractivity contribution in [3.63, 3.8) is 0 Å². The van der Waals surface area contributed by atoms with Crippen LogP contribution in [0.4, 0.5) is 11.5 Å². The Morgan fingerprint density at radius 2 is 1.39 bits per heavy atom. The minimum absolute atomic E-state index is 0. The van der Waals surface area contributed by atoms with E-state index in [4.69, 9.17) is 58.7 Å². The zero-order valence-corrected chi connectivity index (χ0v) is 44.3. The largest absolute Gasteiger partial charge is 1.00 e. The van der Waals surface area contributed by atoms with Crippen molar-refractivity contribution in [3.8, 4) is 0 Å². The molecule has 292 valence electrons. The van der Waals surface area contributed by atoms with Crippen LogP contribution in [0.2, 0.25) is 10.0 Å². The number of Topliss-reactive ketones (excluding diaryl/α,β-unsaturated/α-hetero) is 1. The maximum atomic E-state index is 12.6. The summed E-state index contributed by atoms with van der Waals surface area (Å²) in [5, 5.41) is 6.94. The minimum atomic E-state index is -0.293. The number of hydrogen-bond acceptors (Lipinski definition) is 9. The average Bonchev–Trinajstić information content (AvgIpc) is 3.52. The Kier molecular flexibility index (Phi) is 33.6. The van der Waals surface area contributed by atoms with Gasteiger partial charge in [0.25, 0.3) is 5.91 Å². The van der Waals surface area contributed by atoms with Gasteiger partial charge in [0.15, 0.2) is 10.1 Å². The van der Waals surface area contributed by atoms with Crippen molar-refractivity contribution in [3.05, 3.63) is 150 Å². The van der Waals surface area contributed by atoms with Crippen LogP contribution < -0.4 is 114 Å². The molecule has 0 spiro atoms. The van der Waals surface area contributed by atoms with E-state index in [2.05, 4.69) is 95.9 Å². The predicted molar refractivity (Wildman–Crippen MR) is 243 cm³/mol. The van der Waals surface area contributed by atoms with Gasteiger partial charge in [-0.2, -0.15) is 10.9 Å². The number of aryl methyl sites for hydroxylation is 4. The van der Waals surface area contributed by atoms with Crippen LogP contribution in [0.1, 0.15) is 56.0 Å². The topological polar surface area (TPSA) is 102 Å². The summed E-state index contributed by atoms with van der Waals surface area (Å²) in [5.41, 5.74) is 14.3. The SMILES string of the molecule is C.Cc1ccc(CCl)cc1.Cc1ccc(CSc2nc(N)c(C(=O)Nc3c(C)cccc3Cl)s2)cc1.Cc1cccc(Cl)c1CC(=O)CCl.[C-]#[N+]N=C([S-])[S-].[K+].[K+]. The van der Waals surface area contributed by atoms with Crippen LogP contribution in [0.15, 0.2) is 94.4 Å². The van der Waals surface area contributed by atoms with Gasteiger partial charge in [0.05, 0.1) is 16.6 Å². The monoisotopic (exact) mass is 969 g/mol. The Bertz CT molecular complexity index is 2020. The number of thiazole rings is 1. The Hall–Kier alpha value is -0.167.